The van der Waals surface area contributed by atoms with Gasteiger partial charge in [-0.25, -0.2) is 15.0 Å². The van der Waals surface area contributed by atoms with Gasteiger partial charge in [-0.15, -0.1) is 0 Å². The molecule has 3 heterocycles. The Balaban J connectivity index is 1.55. The molecule has 128 valence electrons. The molecule has 4 rings (SSSR count). The maximum absolute atomic E-state index is 5.22. The van der Waals surface area contributed by atoms with Crippen molar-refractivity contribution in [3.05, 3.63) is 35.8 Å². The SMILES string of the molecule is COCCn1ccnc1[C@@H]1CCCN(c2ncnc3c2CCC3)C1. The smallest absolute Gasteiger partial charge is 0.135 e. The maximum atomic E-state index is 5.22. The van der Waals surface area contributed by atoms with Crippen LogP contribution in [-0.2, 0) is 24.1 Å². The molecule has 2 aromatic heterocycles. The van der Waals surface area contributed by atoms with Gasteiger partial charge >= 0.3 is 0 Å². The fraction of sp³-hybridized carbons (Fsp3) is 0.611. The number of imidazole rings is 1. The summed E-state index contributed by atoms with van der Waals surface area (Å²) >= 11 is 0. The fourth-order valence-corrected chi connectivity index (χ4v) is 4.05. The standard InChI is InChI=1S/C18H25N5O/c1-24-11-10-22-9-7-19-17(22)14-4-3-8-23(12-14)18-15-5-2-6-16(15)20-13-21-18/h7,9,13-14H,2-6,8,10-12H2,1H3/t14-/m1/s1. The van der Waals surface area contributed by atoms with Crippen molar-refractivity contribution in [1.82, 2.24) is 19.5 Å². The van der Waals surface area contributed by atoms with Gasteiger partial charge in [0, 0.05) is 56.3 Å². The lowest BCUT2D eigenvalue weighted by molar-refractivity contribution is 0.185. The first-order valence-electron chi connectivity index (χ1n) is 8.94. The van der Waals surface area contributed by atoms with Crippen LogP contribution < -0.4 is 4.90 Å². The fourth-order valence-electron chi connectivity index (χ4n) is 4.05. The summed E-state index contributed by atoms with van der Waals surface area (Å²) in [5.41, 5.74) is 2.63. The van der Waals surface area contributed by atoms with Gasteiger partial charge in [0.15, 0.2) is 0 Å². The predicted molar refractivity (Wildman–Crippen MR) is 92.3 cm³/mol. The van der Waals surface area contributed by atoms with Gasteiger partial charge in [0.05, 0.1) is 6.61 Å². The average Bonchev–Trinajstić information content (AvgIpc) is 3.28. The highest BCUT2D eigenvalue weighted by Gasteiger charge is 2.28. The van der Waals surface area contributed by atoms with Crippen molar-refractivity contribution >= 4 is 5.82 Å². The number of rotatable bonds is 5. The second kappa shape index (κ2) is 6.89. The van der Waals surface area contributed by atoms with Crippen LogP contribution in [0, 0.1) is 0 Å². The molecule has 24 heavy (non-hydrogen) atoms. The number of aryl methyl sites for hydroxylation is 1. The van der Waals surface area contributed by atoms with Crippen LogP contribution in [0.4, 0.5) is 5.82 Å². The quantitative estimate of drug-likeness (QED) is 0.842. The van der Waals surface area contributed by atoms with Gasteiger partial charge in [-0.05, 0) is 32.1 Å². The van der Waals surface area contributed by atoms with Crippen LogP contribution in [0.1, 0.15) is 42.3 Å². The molecule has 0 aromatic carbocycles. The molecule has 1 aliphatic heterocycles. The molecule has 6 heteroatoms. The van der Waals surface area contributed by atoms with Crippen LogP contribution in [0.5, 0.6) is 0 Å². The molecule has 0 radical (unpaired) electrons. The molecule has 1 saturated heterocycles. The van der Waals surface area contributed by atoms with Crippen LogP contribution in [-0.4, -0.2) is 46.3 Å². The lowest BCUT2D eigenvalue weighted by Gasteiger charge is -2.34. The Labute approximate surface area is 142 Å². The minimum absolute atomic E-state index is 0.456. The zero-order chi connectivity index (χ0) is 16.4. The molecule has 0 saturated carbocycles. The number of aromatic nitrogens is 4. The molecular formula is C18H25N5O. The van der Waals surface area contributed by atoms with E-state index in [0.29, 0.717) is 5.92 Å². The lowest BCUT2D eigenvalue weighted by Crippen LogP contribution is -2.36. The Hall–Kier alpha value is -1.95. The van der Waals surface area contributed by atoms with Crippen LogP contribution in [0.25, 0.3) is 0 Å². The first kappa shape index (κ1) is 15.6. The molecule has 0 spiro atoms. The number of methoxy groups -OCH3 is 1. The molecule has 1 atom stereocenters. The maximum Gasteiger partial charge on any atom is 0.135 e. The van der Waals surface area contributed by atoms with Crippen LogP contribution in [0.15, 0.2) is 18.7 Å². The van der Waals surface area contributed by atoms with Crippen molar-refractivity contribution in [2.24, 2.45) is 0 Å². The minimum atomic E-state index is 0.456. The molecule has 2 aromatic rings. The number of hydrogen-bond donors (Lipinski definition) is 0. The number of piperidine rings is 1. The zero-order valence-corrected chi connectivity index (χ0v) is 14.3. The van der Waals surface area contributed by atoms with E-state index in [-0.39, 0.29) is 0 Å². The van der Waals surface area contributed by atoms with Gasteiger partial charge in [-0.3, -0.25) is 0 Å². The predicted octanol–water partition coefficient (Wildman–Crippen LogP) is 2.19. The normalized spacial score (nSPS) is 20.4. The van der Waals surface area contributed by atoms with Crippen LogP contribution in [0.2, 0.25) is 0 Å². The van der Waals surface area contributed by atoms with Gasteiger partial charge in [0.1, 0.15) is 18.0 Å². The molecule has 0 bridgehead atoms. The van der Waals surface area contributed by atoms with Crippen LogP contribution >= 0.6 is 0 Å². The van der Waals surface area contributed by atoms with E-state index in [1.54, 1.807) is 13.4 Å². The summed E-state index contributed by atoms with van der Waals surface area (Å²) in [5.74, 6) is 2.80. The monoisotopic (exact) mass is 327 g/mol. The largest absolute Gasteiger partial charge is 0.383 e. The summed E-state index contributed by atoms with van der Waals surface area (Å²) < 4.78 is 7.46. The van der Waals surface area contributed by atoms with Crippen molar-refractivity contribution in [3.8, 4) is 0 Å². The van der Waals surface area contributed by atoms with E-state index < -0.39 is 0 Å². The number of hydrogen-bond acceptors (Lipinski definition) is 5. The number of anilines is 1. The van der Waals surface area contributed by atoms with E-state index in [1.807, 2.05) is 6.20 Å². The van der Waals surface area contributed by atoms with Crippen molar-refractivity contribution < 1.29 is 4.74 Å². The van der Waals surface area contributed by atoms with E-state index in [0.717, 1.165) is 44.9 Å². The Morgan fingerprint density at radius 3 is 3.08 bits per heavy atom. The summed E-state index contributed by atoms with van der Waals surface area (Å²) in [6, 6.07) is 0. The van der Waals surface area contributed by atoms with Crippen molar-refractivity contribution in [2.75, 3.05) is 31.7 Å². The average molecular weight is 327 g/mol. The Kier molecular flexibility index (Phi) is 4.47. The lowest BCUT2D eigenvalue weighted by atomic mass is 9.96. The molecule has 0 N–H and O–H groups in total. The van der Waals surface area contributed by atoms with E-state index in [4.69, 9.17) is 4.74 Å². The van der Waals surface area contributed by atoms with E-state index in [1.165, 1.54) is 36.3 Å². The molecule has 0 unspecified atom stereocenters. The Morgan fingerprint density at radius 1 is 1.21 bits per heavy atom. The number of ether oxygens (including phenoxy) is 1. The second-order valence-corrected chi connectivity index (χ2v) is 6.73. The van der Waals surface area contributed by atoms with Gasteiger partial charge < -0.3 is 14.2 Å². The molecule has 6 nitrogen and oxygen atoms in total. The van der Waals surface area contributed by atoms with E-state index in [9.17, 15) is 0 Å². The van der Waals surface area contributed by atoms with E-state index in [2.05, 4.69) is 30.6 Å². The summed E-state index contributed by atoms with van der Waals surface area (Å²) in [5, 5.41) is 0. The molecule has 1 fully saturated rings. The third-order valence-corrected chi connectivity index (χ3v) is 5.22. The number of nitrogens with zero attached hydrogens (tertiary/aromatic N) is 5. The first-order valence-corrected chi connectivity index (χ1v) is 8.94. The Morgan fingerprint density at radius 2 is 2.17 bits per heavy atom. The third-order valence-electron chi connectivity index (χ3n) is 5.22. The third kappa shape index (κ3) is 2.90. The highest BCUT2D eigenvalue weighted by molar-refractivity contribution is 5.51. The second-order valence-electron chi connectivity index (χ2n) is 6.73. The molecule has 2 aliphatic rings. The van der Waals surface area contributed by atoms with Crippen molar-refractivity contribution in [3.63, 3.8) is 0 Å². The van der Waals surface area contributed by atoms with Gasteiger partial charge in [-0.1, -0.05) is 0 Å². The molecule has 1 aliphatic carbocycles. The Bertz CT molecular complexity index is 698. The summed E-state index contributed by atoms with van der Waals surface area (Å²) in [7, 11) is 1.74. The number of fused-ring (bicyclic) bond motifs is 1. The topological polar surface area (TPSA) is 56.1 Å². The van der Waals surface area contributed by atoms with E-state index >= 15 is 0 Å². The first-order chi connectivity index (χ1) is 11.9. The van der Waals surface area contributed by atoms with Gasteiger partial charge in [0.25, 0.3) is 0 Å². The zero-order valence-electron chi connectivity index (χ0n) is 14.3. The van der Waals surface area contributed by atoms with Crippen LogP contribution in [0.3, 0.4) is 0 Å². The minimum Gasteiger partial charge on any atom is -0.383 e. The summed E-state index contributed by atoms with van der Waals surface area (Å²) in [4.78, 5) is 16.2. The van der Waals surface area contributed by atoms with Crippen molar-refractivity contribution in [2.45, 2.75) is 44.6 Å². The molecule has 0 amide bonds. The highest BCUT2D eigenvalue weighted by atomic mass is 16.5. The molecular weight excluding hydrogens is 302 g/mol. The van der Waals surface area contributed by atoms with Gasteiger partial charge in [0.2, 0.25) is 0 Å². The van der Waals surface area contributed by atoms with Gasteiger partial charge in [-0.2, -0.15) is 0 Å². The highest BCUT2D eigenvalue weighted by Crippen LogP contribution is 2.33. The van der Waals surface area contributed by atoms with Crippen molar-refractivity contribution in [1.29, 1.82) is 0 Å². The summed E-state index contributed by atoms with van der Waals surface area (Å²) in [6.45, 7) is 3.66. The summed E-state index contributed by atoms with van der Waals surface area (Å²) in [6.07, 6.45) is 11.5.